The minimum atomic E-state index is -3.75. The van der Waals surface area contributed by atoms with Crippen molar-refractivity contribution >= 4 is 43.3 Å². The lowest BCUT2D eigenvalue weighted by molar-refractivity contribution is 0.0696. The summed E-state index contributed by atoms with van der Waals surface area (Å²) in [5, 5.41) is 11.5. The Bertz CT molecular complexity index is 786. The quantitative estimate of drug-likeness (QED) is 0.816. The number of carboxylic acid groups (broad SMARTS) is 1. The van der Waals surface area contributed by atoms with Gasteiger partial charge in [0.1, 0.15) is 0 Å². The van der Waals surface area contributed by atoms with Crippen LogP contribution in [0, 0.1) is 6.92 Å². The van der Waals surface area contributed by atoms with E-state index in [1.165, 1.54) is 29.5 Å². The number of nitrogens with zero attached hydrogens (tertiary/aromatic N) is 1. The van der Waals surface area contributed by atoms with Crippen molar-refractivity contribution in [2.24, 2.45) is 0 Å². The second-order valence-corrected chi connectivity index (χ2v) is 7.78. The number of aromatic carboxylic acids is 1. The predicted octanol–water partition coefficient (Wildman–Crippen LogP) is 2.39. The minimum Gasteiger partial charge on any atom is -0.478 e. The molecule has 1 heterocycles. The van der Waals surface area contributed by atoms with E-state index in [-0.39, 0.29) is 21.5 Å². The lowest BCUT2D eigenvalue weighted by Gasteiger charge is -2.08. The molecule has 0 spiro atoms. The molecule has 0 atom stereocenters. The first-order valence-corrected chi connectivity index (χ1v) is 8.88. The number of benzene rings is 1. The van der Waals surface area contributed by atoms with Crippen molar-refractivity contribution < 1.29 is 18.3 Å². The molecule has 1 aromatic heterocycles. The van der Waals surface area contributed by atoms with E-state index in [0.717, 1.165) is 5.01 Å². The number of carbonyl (C=O) groups is 1. The normalized spacial score (nSPS) is 11.5. The Morgan fingerprint density at radius 3 is 2.71 bits per heavy atom. The van der Waals surface area contributed by atoms with Gasteiger partial charge in [0, 0.05) is 9.85 Å². The average Bonchev–Trinajstić information content (AvgIpc) is 2.82. The Hall–Kier alpha value is -1.29. The number of halogens is 1. The van der Waals surface area contributed by atoms with Gasteiger partial charge in [-0.25, -0.2) is 22.9 Å². The van der Waals surface area contributed by atoms with Crippen LogP contribution in [0.4, 0.5) is 0 Å². The minimum absolute atomic E-state index is 0.0101. The molecule has 0 fully saturated rings. The molecule has 0 unspecified atom stereocenters. The van der Waals surface area contributed by atoms with Crippen molar-refractivity contribution in [2.45, 2.75) is 18.4 Å². The molecule has 0 aliphatic rings. The number of carboxylic acids is 1. The maximum atomic E-state index is 12.2. The first-order chi connectivity index (χ1) is 9.79. The summed E-state index contributed by atoms with van der Waals surface area (Å²) in [6.45, 7) is 1.92. The number of aromatic nitrogens is 1. The molecule has 0 bridgehead atoms. The molecular formula is C12H11BrN2O4S2. The highest BCUT2D eigenvalue weighted by Gasteiger charge is 2.19. The summed E-state index contributed by atoms with van der Waals surface area (Å²) in [7, 11) is -3.75. The number of rotatable bonds is 5. The second-order valence-electron chi connectivity index (χ2n) is 4.13. The van der Waals surface area contributed by atoms with Crippen LogP contribution in [-0.4, -0.2) is 24.5 Å². The molecule has 2 N–H and O–H groups in total. The Balaban J connectivity index is 2.21. The monoisotopic (exact) mass is 390 g/mol. The van der Waals surface area contributed by atoms with Gasteiger partial charge in [-0.15, -0.1) is 11.3 Å². The third-order valence-corrected chi connectivity index (χ3v) is 5.78. The molecule has 0 saturated carbocycles. The van der Waals surface area contributed by atoms with E-state index in [1.807, 2.05) is 6.92 Å². The van der Waals surface area contributed by atoms with Gasteiger partial charge in [-0.05, 0) is 41.1 Å². The molecule has 0 aliphatic heterocycles. The van der Waals surface area contributed by atoms with E-state index in [0.29, 0.717) is 5.69 Å². The summed E-state index contributed by atoms with van der Waals surface area (Å²) in [5.74, 6) is -1.12. The molecule has 0 aliphatic carbocycles. The molecule has 9 heteroatoms. The average molecular weight is 391 g/mol. The maximum Gasteiger partial charge on any atom is 0.335 e. The lowest BCUT2D eigenvalue weighted by Crippen LogP contribution is -2.24. The fourth-order valence-electron chi connectivity index (χ4n) is 1.59. The van der Waals surface area contributed by atoms with Gasteiger partial charge in [-0.3, -0.25) is 0 Å². The van der Waals surface area contributed by atoms with E-state index in [2.05, 4.69) is 25.6 Å². The Kier molecular flexibility index (Phi) is 4.77. The standard InChI is InChI=1S/C12H11BrN2O4S2/c1-7-15-9(6-20-7)5-14-21(18,19)11-3-2-8(12(16)17)4-10(11)13/h2-4,6,14H,5H2,1H3,(H,16,17). The molecule has 0 amide bonds. The molecule has 2 rings (SSSR count). The van der Waals surface area contributed by atoms with Gasteiger partial charge in [0.05, 0.1) is 27.7 Å². The maximum absolute atomic E-state index is 12.2. The number of thiazole rings is 1. The highest BCUT2D eigenvalue weighted by molar-refractivity contribution is 9.10. The fourth-order valence-corrected chi connectivity index (χ4v) is 4.27. The second kappa shape index (κ2) is 6.22. The van der Waals surface area contributed by atoms with Gasteiger partial charge in [0.15, 0.2) is 0 Å². The van der Waals surface area contributed by atoms with Gasteiger partial charge < -0.3 is 5.11 Å². The van der Waals surface area contributed by atoms with Crippen LogP contribution in [0.1, 0.15) is 21.1 Å². The van der Waals surface area contributed by atoms with Crippen molar-refractivity contribution in [3.05, 3.63) is 44.3 Å². The van der Waals surface area contributed by atoms with Crippen molar-refractivity contribution in [1.82, 2.24) is 9.71 Å². The lowest BCUT2D eigenvalue weighted by atomic mass is 10.2. The first-order valence-electron chi connectivity index (χ1n) is 5.73. The number of hydrogen-bond donors (Lipinski definition) is 2. The SMILES string of the molecule is Cc1nc(CNS(=O)(=O)c2ccc(C(=O)O)cc2Br)cs1. The summed E-state index contributed by atoms with van der Waals surface area (Å²) < 4.78 is 27.0. The van der Waals surface area contributed by atoms with E-state index in [9.17, 15) is 13.2 Å². The number of sulfonamides is 1. The van der Waals surface area contributed by atoms with Crippen LogP contribution in [0.25, 0.3) is 0 Å². The zero-order valence-electron chi connectivity index (χ0n) is 10.8. The number of hydrogen-bond acceptors (Lipinski definition) is 5. The van der Waals surface area contributed by atoms with Crippen molar-refractivity contribution in [1.29, 1.82) is 0 Å². The molecule has 6 nitrogen and oxygen atoms in total. The van der Waals surface area contributed by atoms with Crippen LogP contribution >= 0.6 is 27.3 Å². The number of aryl methyl sites for hydroxylation is 1. The number of nitrogens with one attached hydrogen (secondary N) is 1. The molecular weight excluding hydrogens is 380 g/mol. The van der Waals surface area contributed by atoms with Crippen molar-refractivity contribution in [3.63, 3.8) is 0 Å². The summed E-state index contributed by atoms with van der Waals surface area (Å²) in [6.07, 6.45) is 0. The summed E-state index contributed by atoms with van der Waals surface area (Å²) >= 11 is 4.52. The van der Waals surface area contributed by atoms with Crippen molar-refractivity contribution in [2.75, 3.05) is 0 Å². The third kappa shape index (κ3) is 3.88. The highest BCUT2D eigenvalue weighted by atomic mass is 79.9. The Labute approximate surface area is 134 Å². The van der Waals surface area contributed by atoms with Crippen LogP contribution in [-0.2, 0) is 16.6 Å². The van der Waals surface area contributed by atoms with Gasteiger partial charge in [-0.1, -0.05) is 0 Å². The highest BCUT2D eigenvalue weighted by Crippen LogP contribution is 2.23. The Morgan fingerprint density at radius 2 is 2.19 bits per heavy atom. The smallest absolute Gasteiger partial charge is 0.335 e. The molecule has 0 saturated heterocycles. The topological polar surface area (TPSA) is 96.4 Å². The third-order valence-electron chi connectivity index (χ3n) is 2.58. The van der Waals surface area contributed by atoms with E-state index in [1.54, 1.807) is 5.38 Å². The molecule has 2 aromatic rings. The van der Waals surface area contributed by atoms with Crippen LogP contribution in [0.5, 0.6) is 0 Å². The van der Waals surface area contributed by atoms with E-state index < -0.39 is 16.0 Å². The summed E-state index contributed by atoms with van der Waals surface area (Å²) in [6, 6.07) is 3.75. The zero-order valence-corrected chi connectivity index (χ0v) is 14.0. The predicted molar refractivity (Wildman–Crippen MR) is 82.0 cm³/mol. The van der Waals surface area contributed by atoms with Gasteiger partial charge >= 0.3 is 5.97 Å². The zero-order chi connectivity index (χ0) is 15.6. The molecule has 112 valence electrons. The molecule has 21 heavy (non-hydrogen) atoms. The van der Waals surface area contributed by atoms with Gasteiger partial charge in [0.25, 0.3) is 0 Å². The Morgan fingerprint density at radius 1 is 1.48 bits per heavy atom. The fraction of sp³-hybridized carbons (Fsp3) is 0.167. The van der Waals surface area contributed by atoms with Crippen LogP contribution in [0.3, 0.4) is 0 Å². The van der Waals surface area contributed by atoms with E-state index >= 15 is 0 Å². The van der Waals surface area contributed by atoms with Crippen LogP contribution < -0.4 is 4.72 Å². The molecule has 1 aromatic carbocycles. The molecule has 0 radical (unpaired) electrons. The van der Waals surface area contributed by atoms with Crippen LogP contribution in [0.15, 0.2) is 32.9 Å². The van der Waals surface area contributed by atoms with E-state index in [4.69, 9.17) is 5.11 Å². The van der Waals surface area contributed by atoms with Gasteiger partial charge in [-0.2, -0.15) is 0 Å². The van der Waals surface area contributed by atoms with Crippen LogP contribution in [0.2, 0.25) is 0 Å². The summed E-state index contributed by atoms with van der Waals surface area (Å²) in [4.78, 5) is 15.0. The largest absolute Gasteiger partial charge is 0.478 e. The first kappa shape index (κ1) is 16.1. The van der Waals surface area contributed by atoms with Gasteiger partial charge in [0.2, 0.25) is 10.0 Å². The van der Waals surface area contributed by atoms with Crippen molar-refractivity contribution in [3.8, 4) is 0 Å². The summed E-state index contributed by atoms with van der Waals surface area (Å²) in [5.41, 5.74) is 0.648.